The van der Waals surface area contributed by atoms with E-state index >= 15 is 0 Å². The summed E-state index contributed by atoms with van der Waals surface area (Å²) < 4.78 is 0. The van der Waals surface area contributed by atoms with Crippen LogP contribution in [-0.2, 0) is 13.0 Å². The third-order valence-corrected chi connectivity index (χ3v) is 5.47. The van der Waals surface area contributed by atoms with E-state index in [9.17, 15) is 4.79 Å². The maximum absolute atomic E-state index is 12.0. The molecule has 1 heterocycles. The monoisotopic (exact) mass is 520 g/mol. The molecule has 1 aliphatic rings. The second-order valence-corrected chi connectivity index (χ2v) is 7.58. The van der Waals surface area contributed by atoms with E-state index < -0.39 is 0 Å². The number of guanidine groups is 1. The van der Waals surface area contributed by atoms with Crippen molar-refractivity contribution in [3.63, 3.8) is 0 Å². The van der Waals surface area contributed by atoms with Crippen LogP contribution in [0.25, 0.3) is 0 Å². The molecule has 0 bridgehead atoms. The smallest absolute Gasteiger partial charge is 0.251 e. The number of carbonyl (C=O) groups excluding carboxylic acids is 1. The molecule has 1 fully saturated rings. The summed E-state index contributed by atoms with van der Waals surface area (Å²) in [6.07, 6.45) is 3.53. The van der Waals surface area contributed by atoms with Crippen molar-refractivity contribution in [3.8, 4) is 0 Å². The molecule has 3 rings (SSSR count). The van der Waals surface area contributed by atoms with Crippen molar-refractivity contribution in [1.82, 2.24) is 15.5 Å². The summed E-state index contributed by atoms with van der Waals surface area (Å²) >= 11 is 0. The largest absolute Gasteiger partial charge is 0.352 e. The van der Waals surface area contributed by atoms with Crippen LogP contribution in [-0.4, -0.2) is 43.4 Å². The molecule has 0 atom stereocenters. The Morgan fingerprint density at radius 2 is 1.73 bits per heavy atom. The van der Waals surface area contributed by atoms with Gasteiger partial charge in [0.1, 0.15) is 0 Å². The Bertz CT molecular complexity index is 817. The van der Waals surface area contributed by atoms with Gasteiger partial charge in [-0.3, -0.25) is 9.79 Å². The molecule has 1 amide bonds. The number of hydrogen-bond donors (Lipinski definition) is 2. The quantitative estimate of drug-likeness (QED) is 0.343. The first-order chi connectivity index (χ1) is 14.2. The molecular weight excluding hydrogens is 487 g/mol. The lowest BCUT2D eigenvalue weighted by molar-refractivity contribution is 0.0955. The van der Waals surface area contributed by atoms with Crippen LogP contribution in [0.15, 0.2) is 59.6 Å². The number of piperidine rings is 1. The van der Waals surface area contributed by atoms with Crippen molar-refractivity contribution in [2.45, 2.75) is 32.7 Å². The highest BCUT2D eigenvalue weighted by Crippen LogP contribution is 2.21. The van der Waals surface area contributed by atoms with E-state index in [1.807, 2.05) is 38.2 Å². The zero-order chi connectivity index (χ0) is 20.5. The zero-order valence-electron chi connectivity index (χ0n) is 17.9. The Morgan fingerprint density at radius 1 is 1.03 bits per heavy atom. The minimum absolute atomic E-state index is 0. The van der Waals surface area contributed by atoms with Crippen LogP contribution in [0.1, 0.15) is 41.3 Å². The van der Waals surface area contributed by atoms with E-state index in [4.69, 9.17) is 0 Å². The number of hydrogen-bond acceptors (Lipinski definition) is 2. The molecule has 162 valence electrons. The van der Waals surface area contributed by atoms with Gasteiger partial charge in [-0.15, -0.1) is 24.0 Å². The Balaban J connectivity index is 0.00000320. The van der Waals surface area contributed by atoms with Gasteiger partial charge < -0.3 is 15.5 Å². The SMILES string of the molecule is CCNC(=O)c1cccc(CNC(=NC)N2CCC(Cc3ccccc3)CC2)c1.I. The van der Waals surface area contributed by atoms with Crippen molar-refractivity contribution in [2.75, 3.05) is 26.7 Å². The lowest BCUT2D eigenvalue weighted by Gasteiger charge is -2.34. The standard InChI is InChI=1S/C24H32N4O.HI/c1-3-26-23(29)22-11-7-10-21(17-22)18-27-24(25-2)28-14-12-20(13-15-28)16-19-8-5-4-6-9-19;/h4-11,17,20H,3,12-16,18H2,1-2H3,(H,25,27)(H,26,29);1H. The number of nitrogens with zero attached hydrogens (tertiary/aromatic N) is 2. The number of nitrogens with one attached hydrogen (secondary N) is 2. The number of benzene rings is 2. The summed E-state index contributed by atoms with van der Waals surface area (Å²) in [5.41, 5.74) is 3.21. The molecule has 2 aromatic carbocycles. The molecule has 0 unspecified atom stereocenters. The Kier molecular flexibility index (Phi) is 10.1. The van der Waals surface area contributed by atoms with Gasteiger partial charge in [0.15, 0.2) is 5.96 Å². The van der Waals surface area contributed by atoms with Crippen molar-refractivity contribution in [1.29, 1.82) is 0 Å². The van der Waals surface area contributed by atoms with E-state index in [0.29, 0.717) is 18.7 Å². The zero-order valence-corrected chi connectivity index (χ0v) is 20.3. The van der Waals surface area contributed by atoms with Crippen LogP contribution in [0.3, 0.4) is 0 Å². The first kappa shape index (κ1) is 24.2. The highest BCUT2D eigenvalue weighted by Gasteiger charge is 2.21. The number of aliphatic imine (C=N–C) groups is 1. The molecule has 1 saturated heterocycles. The average molecular weight is 520 g/mol. The molecule has 30 heavy (non-hydrogen) atoms. The Hall–Kier alpha value is -2.09. The van der Waals surface area contributed by atoms with Crippen molar-refractivity contribution < 1.29 is 4.79 Å². The number of rotatable bonds is 6. The van der Waals surface area contributed by atoms with Crippen LogP contribution in [0.2, 0.25) is 0 Å². The Morgan fingerprint density at radius 3 is 2.40 bits per heavy atom. The van der Waals surface area contributed by atoms with Crippen molar-refractivity contribution >= 4 is 35.8 Å². The number of halogens is 1. The van der Waals surface area contributed by atoms with Gasteiger partial charge in [0, 0.05) is 38.8 Å². The first-order valence-electron chi connectivity index (χ1n) is 10.6. The van der Waals surface area contributed by atoms with Gasteiger partial charge >= 0.3 is 0 Å². The summed E-state index contributed by atoms with van der Waals surface area (Å²) in [5, 5.41) is 6.31. The minimum Gasteiger partial charge on any atom is -0.352 e. The van der Waals surface area contributed by atoms with E-state index in [-0.39, 0.29) is 29.9 Å². The van der Waals surface area contributed by atoms with Crippen LogP contribution in [0.4, 0.5) is 0 Å². The van der Waals surface area contributed by atoms with Gasteiger partial charge in [-0.05, 0) is 55.4 Å². The fourth-order valence-electron chi connectivity index (χ4n) is 3.89. The topological polar surface area (TPSA) is 56.7 Å². The molecule has 2 aromatic rings. The molecule has 0 spiro atoms. The second kappa shape index (κ2) is 12.6. The molecule has 0 aromatic heterocycles. The lowest BCUT2D eigenvalue weighted by atomic mass is 9.90. The van der Waals surface area contributed by atoms with Gasteiger partial charge in [0.05, 0.1) is 0 Å². The fourth-order valence-corrected chi connectivity index (χ4v) is 3.89. The molecule has 1 aliphatic heterocycles. The van der Waals surface area contributed by atoms with Gasteiger partial charge in [-0.25, -0.2) is 0 Å². The molecule has 6 heteroatoms. The summed E-state index contributed by atoms with van der Waals surface area (Å²) in [6, 6.07) is 18.5. The van der Waals surface area contributed by atoms with E-state index in [1.54, 1.807) is 0 Å². The highest BCUT2D eigenvalue weighted by molar-refractivity contribution is 14.0. The summed E-state index contributed by atoms with van der Waals surface area (Å²) in [6.45, 7) is 5.26. The second-order valence-electron chi connectivity index (χ2n) is 7.58. The van der Waals surface area contributed by atoms with E-state index in [1.165, 1.54) is 18.4 Å². The fraction of sp³-hybridized carbons (Fsp3) is 0.417. The van der Waals surface area contributed by atoms with Crippen LogP contribution in [0, 0.1) is 5.92 Å². The molecule has 0 saturated carbocycles. The molecule has 2 N–H and O–H groups in total. The first-order valence-corrected chi connectivity index (χ1v) is 10.6. The van der Waals surface area contributed by atoms with Crippen molar-refractivity contribution in [3.05, 3.63) is 71.3 Å². The summed E-state index contributed by atoms with van der Waals surface area (Å²) in [4.78, 5) is 18.9. The van der Waals surface area contributed by atoms with Crippen LogP contribution < -0.4 is 10.6 Å². The lowest BCUT2D eigenvalue weighted by Crippen LogP contribution is -2.45. The van der Waals surface area contributed by atoms with Crippen LogP contribution in [0.5, 0.6) is 0 Å². The third kappa shape index (κ3) is 7.00. The van der Waals surface area contributed by atoms with Gasteiger partial charge in [0.2, 0.25) is 0 Å². The average Bonchev–Trinajstić information content (AvgIpc) is 2.76. The predicted octanol–water partition coefficient (Wildman–Crippen LogP) is 4.08. The summed E-state index contributed by atoms with van der Waals surface area (Å²) in [7, 11) is 1.84. The van der Waals surface area contributed by atoms with Gasteiger partial charge in [-0.2, -0.15) is 0 Å². The van der Waals surface area contributed by atoms with E-state index in [0.717, 1.165) is 37.0 Å². The molecule has 5 nitrogen and oxygen atoms in total. The predicted molar refractivity (Wildman–Crippen MR) is 135 cm³/mol. The third-order valence-electron chi connectivity index (χ3n) is 5.47. The number of amides is 1. The molecular formula is C24H33IN4O. The Labute approximate surface area is 197 Å². The highest BCUT2D eigenvalue weighted by atomic mass is 127. The number of likely N-dealkylation sites (tertiary alicyclic amines) is 1. The maximum Gasteiger partial charge on any atom is 0.251 e. The summed E-state index contributed by atoms with van der Waals surface area (Å²) in [5.74, 6) is 1.64. The van der Waals surface area contributed by atoms with Crippen molar-refractivity contribution in [2.24, 2.45) is 10.9 Å². The van der Waals surface area contributed by atoms with Crippen LogP contribution >= 0.6 is 24.0 Å². The van der Waals surface area contributed by atoms with E-state index in [2.05, 4.69) is 50.9 Å². The normalized spacial score (nSPS) is 14.7. The van der Waals surface area contributed by atoms with Gasteiger partial charge in [0.25, 0.3) is 5.91 Å². The van der Waals surface area contributed by atoms with Gasteiger partial charge in [-0.1, -0.05) is 42.5 Å². The molecule has 0 radical (unpaired) electrons. The maximum atomic E-state index is 12.0. The number of carbonyl (C=O) groups is 1. The molecule has 0 aliphatic carbocycles. The minimum atomic E-state index is -0.0285.